The first-order chi connectivity index (χ1) is 24.5. The van der Waals surface area contributed by atoms with E-state index in [0.717, 1.165) is 30.7 Å². The summed E-state index contributed by atoms with van der Waals surface area (Å²) in [5.74, 6) is -1.09. The number of hydrogen-bond donors (Lipinski definition) is 1. The van der Waals surface area contributed by atoms with Crippen LogP contribution in [-0.4, -0.2) is 92.4 Å². The van der Waals surface area contributed by atoms with Gasteiger partial charge in [0.15, 0.2) is 5.82 Å². The largest absolute Gasteiger partial charge is 0.461 e. The summed E-state index contributed by atoms with van der Waals surface area (Å²) in [5, 5.41) is 10.4. The molecule has 16 heteroatoms. The van der Waals surface area contributed by atoms with Gasteiger partial charge in [-0.05, 0) is 50.4 Å². The van der Waals surface area contributed by atoms with Crippen LogP contribution in [-0.2, 0) is 0 Å². The monoisotopic (exact) mass is 735 g/mol. The number of nitrogens with zero attached hydrogens (tertiary/aromatic N) is 8. The fourth-order valence-corrected chi connectivity index (χ4v) is 9.53. The number of likely N-dealkylation sites (N-methyl/N-ethyl adjacent to an activating group) is 1. The zero-order chi connectivity index (χ0) is 35.8. The maximum absolute atomic E-state index is 17.1. The Morgan fingerprint density at radius 2 is 2.12 bits per heavy atom. The van der Waals surface area contributed by atoms with E-state index in [1.54, 1.807) is 23.4 Å². The van der Waals surface area contributed by atoms with Crippen molar-refractivity contribution in [2.45, 2.75) is 56.4 Å². The number of nitriles is 1. The van der Waals surface area contributed by atoms with E-state index in [-0.39, 0.29) is 78.4 Å². The smallest absolute Gasteiger partial charge is 0.329 e. The zero-order valence-corrected chi connectivity index (χ0v) is 29.3. The van der Waals surface area contributed by atoms with Gasteiger partial charge in [-0.3, -0.25) is 9.47 Å². The summed E-state index contributed by atoms with van der Waals surface area (Å²) >= 11 is 7.78. The van der Waals surface area contributed by atoms with Crippen LogP contribution in [0.5, 0.6) is 6.01 Å². The van der Waals surface area contributed by atoms with Gasteiger partial charge >= 0.3 is 12.0 Å². The van der Waals surface area contributed by atoms with E-state index in [4.69, 9.17) is 27.1 Å². The van der Waals surface area contributed by atoms with Crippen molar-refractivity contribution in [2.75, 3.05) is 43.9 Å². The molecule has 0 spiro atoms. The van der Waals surface area contributed by atoms with E-state index < -0.39 is 23.3 Å². The Labute approximate surface area is 300 Å². The van der Waals surface area contributed by atoms with Gasteiger partial charge in [0, 0.05) is 55.3 Å². The number of fused-ring (bicyclic) bond motifs is 3. The molecule has 6 heterocycles. The number of amides is 1. The third-order valence-corrected chi connectivity index (χ3v) is 12.1. The quantitative estimate of drug-likeness (QED) is 0.205. The number of nitrogens with two attached hydrogens (primary N) is 1. The van der Waals surface area contributed by atoms with Gasteiger partial charge in [0.1, 0.15) is 47.3 Å². The minimum absolute atomic E-state index is 0.00898. The van der Waals surface area contributed by atoms with Gasteiger partial charge in [0.25, 0.3) is 0 Å². The van der Waals surface area contributed by atoms with E-state index in [0.29, 0.717) is 31.7 Å². The number of thiophene rings is 1. The van der Waals surface area contributed by atoms with Crippen molar-refractivity contribution in [3.8, 4) is 23.2 Å². The fraction of sp³-hybridized carbons (Fsp3) is 0.400. The predicted molar refractivity (Wildman–Crippen MR) is 189 cm³/mol. The number of rotatable bonds is 6. The highest BCUT2D eigenvalue weighted by molar-refractivity contribution is 7.23. The molecule has 0 saturated carbocycles. The molecule has 3 aromatic heterocycles. The molecule has 264 valence electrons. The molecule has 51 heavy (non-hydrogen) atoms. The lowest BCUT2D eigenvalue weighted by Gasteiger charge is -2.33. The van der Waals surface area contributed by atoms with E-state index in [9.17, 15) is 18.8 Å². The Balaban J connectivity index is 1.25. The number of aromatic nitrogens is 4. The van der Waals surface area contributed by atoms with Crippen LogP contribution in [0.3, 0.4) is 0 Å². The standard InChI is InChI=1S/C35H33ClF3N9O2S/c1-18-25(6-10-48(18)34(49)46-11-8-42-17-46)45(2)32-21-12-23(36)27(20-4-5-24(38)30-26(20)22(14-40)31(41)51-30)28(39)29(21)43-33(44-32)50-16-35-7-3-9-47(35)15-19(37)13-35/h4-5,8,11-12,17-19,25H,3,6-7,9-10,13,15-16,41H2,1-2H3/t18-,19-,25-,35+/m1/s1. The van der Waals surface area contributed by atoms with Gasteiger partial charge < -0.3 is 20.3 Å². The van der Waals surface area contributed by atoms with Gasteiger partial charge in [0.2, 0.25) is 0 Å². The lowest BCUT2D eigenvalue weighted by atomic mass is 9.95. The van der Waals surface area contributed by atoms with E-state index >= 15 is 4.39 Å². The van der Waals surface area contributed by atoms with Crippen molar-refractivity contribution < 1.29 is 22.7 Å². The van der Waals surface area contributed by atoms with Crippen LogP contribution < -0.4 is 15.4 Å². The predicted octanol–water partition coefficient (Wildman–Crippen LogP) is 6.62. The molecule has 0 bridgehead atoms. The van der Waals surface area contributed by atoms with Gasteiger partial charge in [0.05, 0.1) is 32.9 Å². The number of hydrogen-bond acceptors (Lipinski definition) is 10. The van der Waals surface area contributed by atoms with Crippen LogP contribution in [0.25, 0.3) is 32.1 Å². The third kappa shape index (κ3) is 5.34. The molecule has 8 rings (SSSR count). The lowest BCUT2D eigenvalue weighted by Crippen LogP contribution is -2.45. The summed E-state index contributed by atoms with van der Waals surface area (Å²) in [6.07, 6.45) is 6.21. The van der Waals surface area contributed by atoms with Gasteiger partial charge in [-0.2, -0.15) is 15.2 Å². The minimum Gasteiger partial charge on any atom is -0.461 e. The normalized spacial score (nSPS) is 23.3. The highest BCUT2D eigenvalue weighted by atomic mass is 35.5. The Morgan fingerprint density at radius 3 is 2.88 bits per heavy atom. The van der Waals surface area contributed by atoms with Gasteiger partial charge in [-0.25, -0.2) is 22.9 Å². The first-order valence-corrected chi connectivity index (χ1v) is 17.8. The fourth-order valence-electron chi connectivity index (χ4n) is 8.29. The topological polar surface area (TPSA) is 129 Å². The Bertz CT molecular complexity index is 2250. The Morgan fingerprint density at radius 1 is 1.29 bits per heavy atom. The SMILES string of the molecule is C[C@@H]1[C@H](N(C)c2nc(OC[C@@]34CCCN3C[C@H](F)C4)nc3c(F)c(-c4ccc(F)c5sc(N)c(C#N)c45)c(Cl)cc23)CCN1C(=O)n1ccnc1. The van der Waals surface area contributed by atoms with Crippen LogP contribution in [0, 0.1) is 23.0 Å². The molecule has 3 fully saturated rings. The van der Waals surface area contributed by atoms with Crippen LogP contribution in [0.4, 0.5) is 28.8 Å². The average Bonchev–Trinajstić information content (AvgIpc) is 3.94. The molecule has 2 N–H and O–H groups in total. The average molecular weight is 736 g/mol. The number of benzene rings is 2. The van der Waals surface area contributed by atoms with Crippen molar-refractivity contribution in [2.24, 2.45) is 0 Å². The summed E-state index contributed by atoms with van der Waals surface area (Å²) in [4.78, 5) is 32.4. The second kappa shape index (κ2) is 12.5. The van der Waals surface area contributed by atoms with Crippen molar-refractivity contribution in [1.82, 2.24) is 29.3 Å². The summed E-state index contributed by atoms with van der Waals surface area (Å²) in [6, 6.07) is 5.31. The number of imidazole rings is 1. The van der Waals surface area contributed by atoms with Crippen LogP contribution in [0.1, 0.15) is 38.2 Å². The molecule has 4 atom stereocenters. The number of nitrogen functional groups attached to an aromatic ring is 1. The molecule has 2 aromatic carbocycles. The summed E-state index contributed by atoms with van der Waals surface area (Å²) in [5.41, 5.74) is 5.61. The molecule has 0 unspecified atom stereocenters. The number of anilines is 2. The minimum atomic E-state index is -0.968. The number of carbonyl (C=O) groups is 1. The highest BCUT2D eigenvalue weighted by Crippen LogP contribution is 2.46. The number of carbonyl (C=O) groups excluding carboxylic acids is 1. The van der Waals surface area contributed by atoms with E-state index in [2.05, 4.69) is 14.9 Å². The third-order valence-electron chi connectivity index (χ3n) is 10.8. The molecular weight excluding hydrogens is 703 g/mol. The first kappa shape index (κ1) is 33.5. The summed E-state index contributed by atoms with van der Waals surface area (Å²) in [7, 11) is 1.82. The number of alkyl halides is 1. The van der Waals surface area contributed by atoms with Crippen LogP contribution >= 0.6 is 22.9 Å². The van der Waals surface area contributed by atoms with E-state index in [1.807, 2.05) is 24.9 Å². The van der Waals surface area contributed by atoms with Gasteiger partial charge in [-0.1, -0.05) is 17.7 Å². The maximum atomic E-state index is 17.1. The Kier molecular flexibility index (Phi) is 8.23. The van der Waals surface area contributed by atoms with Crippen molar-refractivity contribution >= 4 is 60.8 Å². The number of likely N-dealkylation sites (tertiary alicyclic amines) is 1. The van der Waals surface area contributed by atoms with Crippen LogP contribution in [0.2, 0.25) is 5.02 Å². The van der Waals surface area contributed by atoms with Crippen molar-refractivity contribution in [1.29, 1.82) is 5.26 Å². The number of ether oxygens (including phenoxy) is 1. The molecule has 3 aliphatic heterocycles. The molecule has 5 aromatic rings. The molecule has 11 nitrogen and oxygen atoms in total. The second-order valence-corrected chi connectivity index (χ2v) is 15.0. The number of halogens is 4. The molecule has 3 saturated heterocycles. The maximum Gasteiger partial charge on any atom is 0.329 e. The first-order valence-electron chi connectivity index (χ1n) is 16.7. The molecular formula is C35H33ClF3N9O2S. The van der Waals surface area contributed by atoms with Gasteiger partial charge in [-0.15, -0.1) is 11.3 Å². The second-order valence-electron chi connectivity index (χ2n) is 13.5. The lowest BCUT2D eigenvalue weighted by molar-refractivity contribution is 0.107. The van der Waals surface area contributed by atoms with Crippen molar-refractivity contribution in [3.05, 3.63) is 59.1 Å². The Hall–Kier alpha value is -4.65. The highest BCUT2D eigenvalue weighted by Gasteiger charge is 2.49. The van der Waals surface area contributed by atoms with Crippen LogP contribution in [0.15, 0.2) is 36.9 Å². The molecule has 3 aliphatic rings. The molecule has 0 aliphatic carbocycles. The summed E-state index contributed by atoms with van der Waals surface area (Å²) < 4.78 is 54.4. The molecule has 0 radical (unpaired) electrons. The summed E-state index contributed by atoms with van der Waals surface area (Å²) in [6.45, 7) is 3.63. The molecule has 1 amide bonds. The van der Waals surface area contributed by atoms with E-state index in [1.165, 1.54) is 23.0 Å². The van der Waals surface area contributed by atoms with Crippen molar-refractivity contribution in [3.63, 3.8) is 0 Å². The zero-order valence-electron chi connectivity index (χ0n) is 27.7.